The number of hydroxylamine groups is 2. The second-order valence-electron chi connectivity index (χ2n) is 15.3. The molecule has 2 aliphatic heterocycles. The second kappa shape index (κ2) is 25.1. The van der Waals surface area contributed by atoms with Gasteiger partial charge in [-0.05, 0) is 109 Å². The maximum absolute atomic E-state index is 13.0. The number of aryl methyl sites for hydroxylation is 2. The van der Waals surface area contributed by atoms with E-state index in [1.54, 1.807) is 61.6 Å². The second-order valence-corrected chi connectivity index (χ2v) is 15.3. The third-order valence-electron chi connectivity index (χ3n) is 10.2. The number of benzene rings is 4. The summed E-state index contributed by atoms with van der Waals surface area (Å²) in [5.74, 6) is 0.549. The molecule has 0 fully saturated rings. The molecule has 4 amide bonds. The normalized spacial score (nSPS) is 17.7. The van der Waals surface area contributed by atoms with Crippen molar-refractivity contribution in [2.24, 2.45) is 11.5 Å². The molecule has 4 bridgehead atoms. The zero-order valence-electron chi connectivity index (χ0n) is 36.0. The van der Waals surface area contributed by atoms with Crippen molar-refractivity contribution in [1.29, 1.82) is 0 Å². The Kier molecular flexibility index (Phi) is 19.1. The van der Waals surface area contributed by atoms with E-state index >= 15 is 0 Å². The van der Waals surface area contributed by atoms with Gasteiger partial charge in [0.25, 0.3) is 11.8 Å². The number of hydrogen-bond acceptors (Lipinski definition) is 14. The summed E-state index contributed by atoms with van der Waals surface area (Å²) in [6, 6.07) is 24.9. The molecule has 4 atom stereocenters. The average Bonchev–Trinajstić information content (AvgIpc) is 3.29. The van der Waals surface area contributed by atoms with Gasteiger partial charge in [-0.2, -0.15) is 0 Å². The number of rotatable bonds is 10. The number of para-hydroxylation sites is 4. The smallest absolute Gasteiger partial charge is 0.253 e. The Balaban J connectivity index is 0.000000241. The molecule has 344 valence electrons. The number of nitrogens with two attached hydrogens (primary N) is 2. The molecule has 10 N–H and O–H groups in total. The molecule has 0 radical (unpaired) electrons. The monoisotopic (exact) mass is 886 g/mol. The highest BCUT2D eigenvalue weighted by Gasteiger charge is 2.26. The number of hydrogen-bond donors (Lipinski definition) is 8. The lowest BCUT2D eigenvalue weighted by Crippen LogP contribution is -2.39. The largest absolute Gasteiger partial charge is 0.497 e. The van der Waals surface area contributed by atoms with Crippen molar-refractivity contribution >= 4 is 35.0 Å². The van der Waals surface area contributed by atoms with Gasteiger partial charge < -0.3 is 50.5 Å². The van der Waals surface area contributed by atoms with Crippen LogP contribution in [0.1, 0.15) is 60.8 Å². The number of nitrogens with one attached hydrogen (secondary N) is 4. The van der Waals surface area contributed by atoms with E-state index in [2.05, 4.69) is 22.8 Å². The zero-order chi connectivity index (χ0) is 45.8. The molecule has 18 nitrogen and oxygen atoms in total. The van der Waals surface area contributed by atoms with Gasteiger partial charge in [-0.15, -0.1) is 0 Å². The van der Waals surface area contributed by atoms with Crippen LogP contribution in [-0.4, -0.2) is 85.8 Å². The lowest BCUT2D eigenvalue weighted by molar-refractivity contribution is -0.131. The summed E-state index contributed by atoms with van der Waals surface area (Å²) in [6.45, 7) is 1.31. The Labute approximate surface area is 371 Å². The number of carbonyl (C=O) groups is 4. The number of amides is 4. The SMILES string of the molecule is COc1cc2cc(c1)COc1ccccc1NC(=O)C(C[C@@H](N)CC(=O)NO)OCCC2.COc1cc2cc(c1)COc1ccccc1NC(=O)C(C[C@H](N)CC(=O)NO)OCCC2. The van der Waals surface area contributed by atoms with Gasteiger partial charge in [-0.1, -0.05) is 36.4 Å². The average molecular weight is 887 g/mol. The van der Waals surface area contributed by atoms with Crippen LogP contribution in [0.4, 0.5) is 11.4 Å². The van der Waals surface area contributed by atoms with E-state index < -0.39 is 36.1 Å². The minimum absolute atomic E-state index is 0.117. The minimum atomic E-state index is -0.867. The fourth-order valence-electron chi connectivity index (χ4n) is 7.08. The summed E-state index contributed by atoms with van der Waals surface area (Å²) in [5, 5.41) is 23.1. The molecule has 2 unspecified atom stereocenters. The maximum Gasteiger partial charge on any atom is 0.253 e. The van der Waals surface area contributed by atoms with E-state index in [1.165, 1.54) is 0 Å². The molecule has 0 aliphatic carbocycles. The first-order chi connectivity index (χ1) is 31.0. The van der Waals surface area contributed by atoms with Crippen molar-refractivity contribution in [3.05, 3.63) is 107 Å². The number of ether oxygens (including phenoxy) is 6. The van der Waals surface area contributed by atoms with Gasteiger partial charge in [0.2, 0.25) is 11.8 Å². The van der Waals surface area contributed by atoms with Gasteiger partial charge in [-0.3, -0.25) is 29.6 Å². The first-order valence-electron chi connectivity index (χ1n) is 21.0. The Morgan fingerprint density at radius 3 is 1.44 bits per heavy atom. The van der Waals surface area contributed by atoms with E-state index in [4.69, 9.17) is 50.3 Å². The van der Waals surface area contributed by atoms with Crippen molar-refractivity contribution < 1.29 is 58.0 Å². The van der Waals surface area contributed by atoms with E-state index in [9.17, 15) is 19.2 Å². The van der Waals surface area contributed by atoms with Crippen molar-refractivity contribution in [3.63, 3.8) is 0 Å². The van der Waals surface area contributed by atoms with Crippen LogP contribution in [0, 0.1) is 0 Å². The minimum Gasteiger partial charge on any atom is -0.497 e. The topological polar surface area (TPSA) is 264 Å². The first kappa shape index (κ1) is 48.7. The van der Waals surface area contributed by atoms with Crippen LogP contribution >= 0.6 is 0 Å². The molecule has 0 spiro atoms. The molecule has 4 aromatic carbocycles. The molecule has 0 saturated carbocycles. The van der Waals surface area contributed by atoms with E-state index in [1.807, 2.05) is 36.4 Å². The van der Waals surface area contributed by atoms with Gasteiger partial charge in [0.05, 0.1) is 25.6 Å². The first-order valence-corrected chi connectivity index (χ1v) is 21.0. The van der Waals surface area contributed by atoms with Gasteiger partial charge in [0.1, 0.15) is 48.4 Å². The Morgan fingerprint density at radius 1 is 0.656 bits per heavy atom. The lowest BCUT2D eigenvalue weighted by atomic mass is 10.0. The molecule has 2 aliphatic rings. The predicted octanol–water partition coefficient (Wildman–Crippen LogP) is 4.31. The van der Waals surface area contributed by atoms with Crippen LogP contribution in [0.25, 0.3) is 0 Å². The van der Waals surface area contributed by atoms with Crippen molar-refractivity contribution in [2.45, 2.75) is 88.9 Å². The van der Waals surface area contributed by atoms with Crippen molar-refractivity contribution in [3.8, 4) is 23.0 Å². The molecule has 2 heterocycles. The van der Waals surface area contributed by atoms with E-state index in [0.717, 1.165) is 46.6 Å². The molecular formula is C46H58N6O12. The summed E-state index contributed by atoms with van der Waals surface area (Å²) < 4.78 is 34.5. The highest BCUT2D eigenvalue weighted by Crippen LogP contribution is 2.29. The molecule has 0 aromatic heterocycles. The number of carbonyl (C=O) groups excluding carboxylic acids is 4. The fourth-order valence-corrected chi connectivity index (χ4v) is 7.08. The Hall–Kier alpha value is -6.28. The third kappa shape index (κ3) is 15.5. The van der Waals surface area contributed by atoms with Crippen LogP contribution in [0.3, 0.4) is 0 Å². The van der Waals surface area contributed by atoms with E-state index in [-0.39, 0.29) is 37.5 Å². The molecule has 0 saturated heterocycles. The quantitative estimate of drug-likeness (QED) is 0.0815. The van der Waals surface area contributed by atoms with Gasteiger partial charge in [0, 0.05) is 38.1 Å². The fraction of sp³-hybridized carbons (Fsp3) is 0.391. The Bertz CT molecular complexity index is 2020. The summed E-state index contributed by atoms with van der Waals surface area (Å²) in [6.07, 6.45) is 1.06. The summed E-state index contributed by atoms with van der Waals surface area (Å²) in [4.78, 5) is 48.8. The summed E-state index contributed by atoms with van der Waals surface area (Å²) in [5.41, 5.74) is 20.2. The highest BCUT2D eigenvalue weighted by molar-refractivity contribution is 5.96. The molecule has 18 heteroatoms. The van der Waals surface area contributed by atoms with Gasteiger partial charge >= 0.3 is 0 Å². The maximum atomic E-state index is 13.0. The predicted molar refractivity (Wildman–Crippen MR) is 235 cm³/mol. The summed E-state index contributed by atoms with van der Waals surface area (Å²) >= 11 is 0. The van der Waals surface area contributed by atoms with Crippen LogP contribution in [-0.2, 0) is 54.7 Å². The number of fused-ring (bicyclic) bond motifs is 6. The van der Waals surface area contributed by atoms with Crippen LogP contribution < -0.4 is 52.0 Å². The van der Waals surface area contributed by atoms with Crippen molar-refractivity contribution in [2.75, 3.05) is 38.1 Å². The van der Waals surface area contributed by atoms with Crippen LogP contribution in [0.15, 0.2) is 84.9 Å². The van der Waals surface area contributed by atoms with Gasteiger partial charge in [0.15, 0.2) is 0 Å². The Morgan fingerprint density at radius 2 is 1.05 bits per heavy atom. The number of methoxy groups -OCH3 is 2. The van der Waals surface area contributed by atoms with Crippen LogP contribution in [0.5, 0.6) is 23.0 Å². The molecule has 6 rings (SSSR count). The summed E-state index contributed by atoms with van der Waals surface area (Å²) in [7, 11) is 3.25. The third-order valence-corrected chi connectivity index (χ3v) is 10.2. The van der Waals surface area contributed by atoms with E-state index in [0.29, 0.717) is 62.1 Å². The molecule has 4 aromatic rings. The lowest BCUT2D eigenvalue weighted by Gasteiger charge is -2.22. The molecular weight excluding hydrogens is 829 g/mol. The van der Waals surface area contributed by atoms with Crippen LogP contribution in [0.2, 0.25) is 0 Å². The number of anilines is 2. The zero-order valence-corrected chi connectivity index (χ0v) is 36.0. The standard InChI is InChI=1S/2C23H29N3O6/c2*1-30-18-10-15-5-4-8-31-21(12-17(24)13-22(27)26-29)23(28)25-19-6-2-3-7-20(19)32-14-16(9-15)11-18/h2*2-3,6-7,9-11,17,21,29H,4-5,8,12-14,24H2,1H3,(H,25,28)(H,26,27)/t2*17-,21?/m10/s1. The highest BCUT2D eigenvalue weighted by atomic mass is 16.5. The van der Waals surface area contributed by atoms with Crippen molar-refractivity contribution in [1.82, 2.24) is 11.0 Å². The molecule has 64 heavy (non-hydrogen) atoms. The van der Waals surface area contributed by atoms with Gasteiger partial charge in [-0.25, -0.2) is 11.0 Å².